The number of aliphatic hydroxyl groups is 5. The van der Waals surface area contributed by atoms with Crippen molar-refractivity contribution in [3.63, 3.8) is 0 Å². The van der Waals surface area contributed by atoms with E-state index in [0.717, 1.165) is 57.8 Å². The molecule has 1 fully saturated rings. The molecule has 0 spiro atoms. The Morgan fingerprint density at radius 3 is 1.33 bits per heavy atom. The van der Waals surface area contributed by atoms with E-state index in [-0.39, 0.29) is 19.0 Å². The van der Waals surface area contributed by atoms with E-state index >= 15 is 0 Å². The number of hydrogen-bond donors (Lipinski definition) is 7. The molecule has 0 aromatic rings. The molecule has 344 valence electrons. The molecule has 0 heterocycles. The molecular weight excluding hydrogens is 769 g/mol. The average molecular weight is 854 g/mol. The van der Waals surface area contributed by atoms with Crippen molar-refractivity contribution in [1.82, 2.24) is 6.15 Å². The van der Waals surface area contributed by atoms with Gasteiger partial charge in [0.25, 0.3) is 0 Å². The molecule has 3 unspecified atom stereocenters. The predicted octanol–water partition coefficient (Wildman–Crippen LogP) is 8.44. The zero-order valence-electron chi connectivity index (χ0n) is 36.1. The molecule has 0 radical (unpaired) electrons. The van der Waals surface area contributed by atoms with Crippen LogP contribution in [0.2, 0.25) is 0 Å². The molecule has 8 atom stereocenters. The van der Waals surface area contributed by atoms with Gasteiger partial charge in [-0.2, -0.15) is 0 Å². The van der Waals surface area contributed by atoms with Crippen molar-refractivity contribution in [2.24, 2.45) is 0 Å². The lowest BCUT2D eigenvalue weighted by Gasteiger charge is -2.41. The first-order chi connectivity index (χ1) is 27.4. The lowest BCUT2D eigenvalue weighted by molar-refractivity contribution is -0.220. The summed E-state index contributed by atoms with van der Waals surface area (Å²) in [5.41, 5.74) is 0. The summed E-state index contributed by atoms with van der Waals surface area (Å²) in [6.45, 7) is 3.29. The lowest BCUT2D eigenvalue weighted by Crippen LogP contribution is -2.64. The number of phosphoric acid groups is 1. The smallest absolute Gasteiger partial charge is 0.462 e. The van der Waals surface area contributed by atoms with Crippen LogP contribution in [0.4, 0.5) is 0 Å². The average Bonchev–Trinajstić information content (AvgIpc) is 3.19. The lowest BCUT2D eigenvalue weighted by atomic mass is 9.85. The third-order valence-corrected chi connectivity index (χ3v) is 11.6. The maximum atomic E-state index is 12.8. The number of hydrogen-bond acceptors (Lipinski definition) is 13. The van der Waals surface area contributed by atoms with Gasteiger partial charge < -0.3 is 46.1 Å². The second-order valence-corrected chi connectivity index (χ2v) is 17.3. The summed E-state index contributed by atoms with van der Waals surface area (Å²) < 4.78 is 33.5. The van der Waals surface area contributed by atoms with E-state index in [9.17, 15) is 44.6 Å². The van der Waals surface area contributed by atoms with Crippen molar-refractivity contribution < 1.29 is 63.1 Å². The van der Waals surface area contributed by atoms with Crippen molar-refractivity contribution in [3.8, 4) is 0 Å². The molecule has 58 heavy (non-hydrogen) atoms. The van der Waals surface area contributed by atoms with Gasteiger partial charge in [0.2, 0.25) is 0 Å². The highest BCUT2D eigenvalue weighted by Crippen LogP contribution is 2.47. The zero-order valence-corrected chi connectivity index (χ0v) is 37.0. The number of rotatable bonds is 37. The second-order valence-electron chi connectivity index (χ2n) is 15.9. The minimum atomic E-state index is -5.11. The highest BCUT2D eigenvalue weighted by Gasteiger charge is 2.51. The Labute approximate surface area is 350 Å². The number of phosphoric ester groups is 1. The van der Waals surface area contributed by atoms with Gasteiger partial charge in [-0.3, -0.25) is 18.6 Å². The van der Waals surface area contributed by atoms with Crippen LogP contribution in [0.5, 0.6) is 0 Å². The highest BCUT2D eigenvalue weighted by molar-refractivity contribution is 7.47. The monoisotopic (exact) mass is 854 g/mol. The fourth-order valence-corrected chi connectivity index (χ4v) is 7.90. The third kappa shape index (κ3) is 28.1. The number of allylic oxidation sites excluding steroid dienone is 2. The predicted molar refractivity (Wildman–Crippen MR) is 226 cm³/mol. The SMILES string of the molecule is CCCCCCCC/C=C\CCCCCCCC(=O)O[C@H](COC(=O)CCCCCCCCCCCCCCC)COP(=O)(O)OC1[C@H](O)[C@H](O)C(O)[C@H](O)[C@H]1O.N. The van der Waals surface area contributed by atoms with Crippen molar-refractivity contribution in [2.75, 3.05) is 13.2 Å². The van der Waals surface area contributed by atoms with E-state index in [1.165, 1.54) is 96.3 Å². The van der Waals surface area contributed by atoms with Crippen LogP contribution in [0.25, 0.3) is 0 Å². The van der Waals surface area contributed by atoms with Crippen LogP contribution < -0.4 is 6.15 Å². The number of ether oxygens (including phenoxy) is 2. The van der Waals surface area contributed by atoms with Gasteiger partial charge in [0.1, 0.15) is 43.2 Å². The third-order valence-electron chi connectivity index (χ3n) is 10.6. The molecule has 1 aliphatic rings. The Bertz CT molecular complexity index is 1070. The first-order valence-electron chi connectivity index (χ1n) is 22.5. The summed E-state index contributed by atoms with van der Waals surface area (Å²) >= 11 is 0. The molecule has 0 aromatic carbocycles. The molecule has 1 aliphatic carbocycles. The Balaban J connectivity index is 0.0000325. The van der Waals surface area contributed by atoms with E-state index in [0.29, 0.717) is 12.8 Å². The first kappa shape index (κ1) is 56.5. The minimum absolute atomic E-state index is 0. The van der Waals surface area contributed by atoms with Gasteiger partial charge in [-0.15, -0.1) is 0 Å². The Kier molecular flexibility index (Phi) is 35.3. The first-order valence-corrected chi connectivity index (χ1v) is 24.0. The van der Waals surface area contributed by atoms with Crippen LogP contribution in [0.1, 0.15) is 194 Å². The molecule has 0 aliphatic heterocycles. The molecule has 14 nitrogen and oxygen atoms in total. The second kappa shape index (κ2) is 36.2. The summed E-state index contributed by atoms with van der Waals surface area (Å²) in [5.74, 6) is -1.10. The largest absolute Gasteiger partial charge is 0.472 e. The fraction of sp³-hybridized carbons (Fsp3) is 0.907. The van der Waals surface area contributed by atoms with Gasteiger partial charge in [-0.25, -0.2) is 4.57 Å². The molecule has 1 saturated carbocycles. The van der Waals surface area contributed by atoms with Crippen molar-refractivity contribution in [2.45, 2.75) is 236 Å². The van der Waals surface area contributed by atoms with Crippen LogP contribution in [-0.2, 0) is 32.7 Å². The molecule has 0 amide bonds. The van der Waals surface area contributed by atoms with Crippen molar-refractivity contribution in [1.29, 1.82) is 0 Å². The fourth-order valence-electron chi connectivity index (χ4n) is 6.93. The number of aliphatic hydroxyl groups excluding tert-OH is 5. The van der Waals surface area contributed by atoms with E-state index in [4.69, 9.17) is 18.5 Å². The van der Waals surface area contributed by atoms with Gasteiger partial charge >= 0.3 is 19.8 Å². The van der Waals surface area contributed by atoms with Crippen molar-refractivity contribution in [3.05, 3.63) is 12.2 Å². The molecular formula is C43H84NO13P. The summed E-state index contributed by atoms with van der Waals surface area (Å²) in [6.07, 6.45) is 21.2. The topological polar surface area (TPSA) is 245 Å². The summed E-state index contributed by atoms with van der Waals surface area (Å²) in [6, 6.07) is 0. The van der Waals surface area contributed by atoms with Gasteiger partial charge in [-0.05, 0) is 38.5 Å². The summed E-state index contributed by atoms with van der Waals surface area (Å²) in [5, 5.41) is 50.1. The maximum absolute atomic E-state index is 12.8. The Morgan fingerprint density at radius 1 is 0.534 bits per heavy atom. The van der Waals surface area contributed by atoms with E-state index in [2.05, 4.69) is 26.0 Å². The quantitative estimate of drug-likeness (QED) is 0.0134. The van der Waals surface area contributed by atoms with Crippen molar-refractivity contribution >= 4 is 19.8 Å². The van der Waals surface area contributed by atoms with E-state index in [1.54, 1.807) is 0 Å². The molecule has 15 heteroatoms. The van der Waals surface area contributed by atoms with E-state index in [1.807, 2.05) is 0 Å². The van der Waals surface area contributed by atoms with Gasteiger partial charge in [-0.1, -0.05) is 154 Å². The number of carbonyl (C=O) groups is 2. The minimum Gasteiger partial charge on any atom is -0.462 e. The molecule has 0 aromatic heterocycles. The summed E-state index contributed by atoms with van der Waals surface area (Å²) in [7, 11) is -5.11. The van der Waals surface area contributed by atoms with Crippen LogP contribution in [0.3, 0.4) is 0 Å². The summed E-state index contributed by atoms with van der Waals surface area (Å²) in [4.78, 5) is 35.6. The van der Waals surface area contributed by atoms with Crippen LogP contribution in [-0.4, -0.2) is 98.3 Å². The normalized spacial score (nSPS) is 22.3. The zero-order chi connectivity index (χ0) is 42.2. The van der Waals surface area contributed by atoms with Crippen LogP contribution in [0, 0.1) is 0 Å². The van der Waals surface area contributed by atoms with Crippen LogP contribution in [0.15, 0.2) is 12.2 Å². The molecule has 0 saturated heterocycles. The molecule has 1 rings (SSSR count). The standard InChI is InChI=1S/C43H81O13P.H3N/c1-3-5-7-9-11-13-15-17-18-20-22-24-26-28-30-32-37(45)55-35(34-54-57(51,52)56-43-41(49)39(47)38(46)40(48)42(43)50)33-53-36(44)31-29-27-25-23-21-19-16-14-12-10-8-6-4-2;/h17-18,35,38-43,46-50H,3-16,19-34H2,1-2H3,(H,51,52);1H3/b18-17-;/t35-,38?,39-,40+,41-,42-,43?;/m1./s1. The highest BCUT2D eigenvalue weighted by atomic mass is 31.2. The van der Waals surface area contributed by atoms with Gasteiger partial charge in [0, 0.05) is 12.8 Å². The maximum Gasteiger partial charge on any atom is 0.472 e. The van der Waals surface area contributed by atoms with Crippen LogP contribution >= 0.6 is 7.82 Å². The number of esters is 2. The van der Waals surface area contributed by atoms with Gasteiger partial charge in [0.05, 0.1) is 6.61 Å². The number of carbonyl (C=O) groups excluding carboxylic acids is 2. The Hall–Kier alpha value is -1.45. The molecule has 0 bridgehead atoms. The molecule has 9 N–H and O–H groups in total. The van der Waals surface area contributed by atoms with Gasteiger partial charge in [0.15, 0.2) is 6.10 Å². The Morgan fingerprint density at radius 2 is 0.897 bits per heavy atom. The number of unbranched alkanes of at least 4 members (excludes halogenated alkanes) is 23. The van der Waals surface area contributed by atoms with E-state index < -0.39 is 75.7 Å².